The maximum Gasteiger partial charge on any atom is 0.274 e. The molecule has 5 rings (SSSR count). The molecule has 2 aliphatic carbocycles. The van der Waals surface area contributed by atoms with Gasteiger partial charge in [0.05, 0.1) is 6.54 Å². The van der Waals surface area contributed by atoms with Crippen molar-refractivity contribution in [3.05, 3.63) is 29.6 Å². The van der Waals surface area contributed by atoms with E-state index in [-0.39, 0.29) is 5.91 Å². The minimum Gasteiger partial charge on any atom is -0.337 e. The van der Waals surface area contributed by atoms with Gasteiger partial charge in [-0.2, -0.15) is 5.10 Å². The first-order valence-corrected chi connectivity index (χ1v) is 14.2. The van der Waals surface area contributed by atoms with E-state index in [4.69, 9.17) is 5.10 Å². The Kier molecular flexibility index (Phi) is 7.74. The molecule has 0 aromatic carbocycles. The molecule has 34 heavy (non-hydrogen) atoms. The first-order valence-electron chi connectivity index (χ1n) is 14.2. The van der Waals surface area contributed by atoms with Crippen molar-refractivity contribution < 1.29 is 4.79 Å². The quantitative estimate of drug-likeness (QED) is 0.607. The topological polar surface area (TPSA) is 53.4 Å². The molecule has 1 aromatic rings. The van der Waals surface area contributed by atoms with Crippen molar-refractivity contribution in [2.45, 2.75) is 108 Å². The lowest BCUT2D eigenvalue weighted by molar-refractivity contribution is 0.0667. The molecule has 3 fully saturated rings. The summed E-state index contributed by atoms with van der Waals surface area (Å²) in [7, 11) is 0. The average molecular weight is 468 g/mol. The number of nitrogens with zero attached hydrogens (tertiary/aromatic N) is 4. The fourth-order valence-corrected chi connectivity index (χ4v) is 7.07. The van der Waals surface area contributed by atoms with Crippen LogP contribution in [-0.4, -0.2) is 69.8 Å². The average Bonchev–Trinajstić information content (AvgIpc) is 3.39. The van der Waals surface area contributed by atoms with Gasteiger partial charge in [0.15, 0.2) is 5.69 Å². The van der Waals surface area contributed by atoms with Crippen molar-refractivity contribution in [3.63, 3.8) is 0 Å². The third-order valence-electron chi connectivity index (χ3n) is 9.03. The number of nitrogens with one attached hydrogen (secondary N) is 1. The molecule has 1 N–H and O–H groups in total. The zero-order valence-corrected chi connectivity index (χ0v) is 21.2. The van der Waals surface area contributed by atoms with Gasteiger partial charge < -0.3 is 10.2 Å². The third kappa shape index (κ3) is 4.99. The van der Waals surface area contributed by atoms with Crippen LogP contribution < -0.4 is 5.32 Å². The number of piperidine rings is 1. The minimum atomic E-state index is 0.155. The number of carbonyl (C=O) groups is 1. The molecule has 0 radical (unpaired) electrons. The van der Waals surface area contributed by atoms with E-state index in [0.717, 1.165) is 57.4 Å². The molecule has 2 aliphatic heterocycles. The lowest BCUT2D eigenvalue weighted by Crippen LogP contribution is -2.56. The van der Waals surface area contributed by atoms with Crippen LogP contribution in [0.5, 0.6) is 0 Å². The number of hydrogen-bond donors (Lipinski definition) is 1. The Morgan fingerprint density at radius 1 is 1.00 bits per heavy atom. The predicted molar refractivity (Wildman–Crippen MR) is 137 cm³/mol. The van der Waals surface area contributed by atoms with Crippen molar-refractivity contribution in [1.82, 2.24) is 24.9 Å². The van der Waals surface area contributed by atoms with Crippen molar-refractivity contribution in [3.8, 4) is 0 Å². The zero-order chi connectivity index (χ0) is 23.4. The van der Waals surface area contributed by atoms with Gasteiger partial charge in [-0.25, -0.2) is 0 Å². The van der Waals surface area contributed by atoms with Crippen molar-refractivity contribution in [2.75, 3.05) is 32.7 Å². The first kappa shape index (κ1) is 24.1. The molecule has 2 saturated heterocycles. The Labute approximate surface area is 206 Å². The van der Waals surface area contributed by atoms with Gasteiger partial charge in [0.2, 0.25) is 0 Å². The molecule has 6 heteroatoms. The normalized spacial score (nSPS) is 25.6. The molecule has 0 bridgehead atoms. The lowest BCUT2D eigenvalue weighted by Gasteiger charge is -2.44. The van der Waals surface area contributed by atoms with Gasteiger partial charge >= 0.3 is 0 Å². The maximum absolute atomic E-state index is 13.6. The van der Waals surface area contributed by atoms with Crippen molar-refractivity contribution >= 4 is 5.91 Å². The molecule has 188 valence electrons. The van der Waals surface area contributed by atoms with E-state index in [9.17, 15) is 4.79 Å². The zero-order valence-electron chi connectivity index (χ0n) is 21.2. The fourth-order valence-electron chi connectivity index (χ4n) is 7.07. The highest BCUT2D eigenvalue weighted by atomic mass is 16.2. The Hall–Kier alpha value is -1.66. The van der Waals surface area contributed by atoms with Crippen LogP contribution in [0.4, 0.5) is 0 Å². The summed E-state index contributed by atoms with van der Waals surface area (Å²) in [6, 6.07) is 0.437. The van der Waals surface area contributed by atoms with Gasteiger partial charge in [-0.1, -0.05) is 38.2 Å². The number of likely N-dealkylation sites (tertiary alicyclic amines) is 2. The monoisotopic (exact) mass is 467 g/mol. The molecule has 1 amide bonds. The molecule has 6 nitrogen and oxygen atoms in total. The Bertz CT molecular complexity index is 841. The third-order valence-corrected chi connectivity index (χ3v) is 9.03. The summed E-state index contributed by atoms with van der Waals surface area (Å²) in [6.45, 7) is 10.0. The van der Waals surface area contributed by atoms with Gasteiger partial charge in [-0.05, 0) is 70.9 Å². The standard InChI is InChI=1S/C28H45N5O/c1-2-16-33-25-13-12-23(29-22-28(14-6-7-15-28)32-19-10-5-11-20-32)21-24(25)26(30-33)27(34)31-17-8-3-4-9-18-31/h2,23,29H,1,3-22H2. The van der Waals surface area contributed by atoms with Gasteiger partial charge in [-0.3, -0.25) is 14.4 Å². The van der Waals surface area contributed by atoms with Crippen LogP contribution in [0.3, 0.4) is 0 Å². The van der Waals surface area contributed by atoms with Gasteiger partial charge in [0.1, 0.15) is 0 Å². The summed E-state index contributed by atoms with van der Waals surface area (Å²) in [5.74, 6) is 0.155. The van der Waals surface area contributed by atoms with E-state index in [1.54, 1.807) is 0 Å². The van der Waals surface area contributed by atoms with Gasteiger partial charge in [0.25, 0.3) is 5.91 Å². The lowest BCUT2D eigenvalue weighted by atomic mass is 9.88. The summed E-state index contributed by atoms with van der Waals surface area (Å²) in [5, 5.41) is 8.88. The Balaban J connectivity index is 1.31. The van der Waals surface area contributed by atoms with Crippen LogP contribution in [0, 0.1) is 0 Å². The van der Waals surface area contributed by atoms with E-state index in [1.807, 2.05) is 6.08 Å². The Morgan fingerprint density at radius 2 is 1.68 bits per heavy atom. The number of amides is 1. The number of fused-ring (bicyclic) bond motifs is 1. The molecule has 1 unspecified atom stereocenters. The van der Waals surface area contributed by atoms with Crippen LogP contribution in [0.1, 0.15) is 98.8 Å². The summed E-state index contributed by atoms with van der Waals surface area (Å²) in [6.07, 6.45) is 19.2. The predicted octanol–water partition coefficient (Wildman–Crippen LogP) is 4.33. The van der Waals surface area contributed by atoms with Crippen molar-refractivity contribution in [2.24, 2.45) is 0 Å². The number of rotatable bonds is 7. The van der Waals surface area contributed by atoms with Crippen LogP contribution in [0.25, 0.3) is 0 Å². The fraction of sp³-hybridized carbons (Fsp3) is 0.786. The highest BCUT2D eigenvalue weighted by Crippen LogP contribution is 2.37. The van der Waals surface area contributed by atoms with E-state index in [2.05, 4.69) is 26.4 Å². The molecule has 3 heterocycles. The van der Waals surface area contributed by atoms with E-state index < -0.39 is 0 Å². The minimum absolute atomic E-state index is 0.155. The molecular weight excluding hydrogens is 422 g/mol. The number of allylic oxidation sites excluding steroid dienone is 1. The van der Waals surface area contributed by atoms with Crippen molar-refractivity contribution in [1.29, 1.82) is 0 Å². The number of hydrogen-bond acceptors (Lipinski definition) is 4. The van der Waals surface area contributed by atoms with E-state index >= 15 is 0 Å². The van der Waals surface area contributed by atoms with E-state index in [0.29, 0.717) is 18.1 Å². The second-order valence-electron chi connectivity index (χ2n) is 11.3. The first-order chi connectivity index (χ1) is 16.7. The second-order valence-corrected chi connectivity index (χ2v) is 11.3. The van der Waals surface area contributed by atoms with Crippen LogP contribution in [0.15, 0.2) is 12.7 Å². The summed E-state index contributed by atoms with van der Waals surface area (Å²) < 4.78 is 2.05. The van der Waals surface area contributed by atoms with Gasteiger partial charge in [-0.15, -0.1) is 6.58 Å². The largest absolute Gasteiger partial charge is 0.337 e. The SMILES string of the molecule is C=CCn1nc(C(=O)N2CCCCCC2)c2c1CCC(NCC1(N3CCCCC3)CCCC1)C2. The molecule has 1 atom stereocenters. The highest BCUT2D eigenvalue weighted by molar-refractivity contribution is 5.94. The van der Waals surface area contributed by atoms with Gasteiger partial charge in [0, 0.05) is 42.5 Å². The molecular formula is C28H45N5O. The summed E-state index contributed by atoms with van der Waals surface area (Å²) in [5.41, 5.74) is 3.55. The van der Waals surface area contributed by atoms with Crippen LogP contribution in [0.2, 0.25) is 0 Å². The summed E-state index contributed by atoms with van der Waals surface area (Å²) >= 11 is 0. The highest BCUT2D eigenvalue weighted by Gasteiger charge is 2.40. The second kappa shape index (κ2) is 10.9. The van der Waals surface area contributed by atoms with Crippen LogP contribution >= 0.6 is 0 Å². The molecule has 0 spiro atoms. The summed E-state index contributed by atoms with van der Waals surface area (Å²) in [4.78, 5) is 18.5. The van der Waals surface area contributed by atoms with Crippen LogP contribution in [-0.2, 0) is 19.4 Å². The number of aromatic nitrogens is 2. The smallest absolute Gasteiger partial charge is 0.274 e. The number of carbonyl (C=O) groups excluding carboxylic acids is 1. The molecule has 1 aromatic heterocycles. The molecule has 4 aliphatic rings. The molecule has 1 saturated carbocycles. The maximum atomic E-state index is 13.6. The Morgan fingerprint density at radius 3 is 2.38 bits per heavy atom. The van der Waals surface area contributed by atoms with E-state index in [1.165, 1.54) is 82.1 Å².